The van der Waals surface area contributed by atoms with Gasteiger partial charge in [0, 0.05) is 49.5 Å². The third-order valence-electron chi connectivity index (χ3n) is 5.92. The summed E-state index contributed by atoms with van der Waals surface area (Å²) in [6, 6.07) is 21.6. The lowest BCUT2D eigenvalue weighted by Crippen LogP contribution is -2.49. The molecule has 4 aromatic rings. The first-order valence-electron chi connectivity index (χ1n) is 10.7. The molecular formula is C26H24N4O2. The van der Waals surface area contributed by atoms with E-state index in [4.69, 9.17) is 9.72 Å². The molecule has 0 aliphatic carbocycles. The predicted octanol–water partition coefficient (Wildman–Crippen LogP) is 4.27. The van der Waals surface area contributed by atoms with Crippen LogP contribution < -0.4 is 9.64 Å². The number of pyridine rings is 2. The van der Waals surface area contributed by atoms with E-state index in [1.54, 1.807) is 19.5 Å². The molecule has 6 nitrogen and oxygen atoms in total. The van der Waals surface area contributed by atoms with Crippen molar-refractivity contribution in [3.63, 3.8) is 0 Å². The van der Waals surface area contributed by atoms with Crippen molar-refractivity contribution in [1.82, 2.24) is 14.9 Å². The van der Waals surface area contributed by atoms with E-state index in [-0.39, 0.29) is 5.91 Å². The van der Waals surface area contributed by atoms with Crippen LogP contribution in [0.2, 0.25) is 0 Å². The number of aromatic nitrogens is 2. The van der Waals surface area contributed by atoms with Crippen LogP contribution in [0, 0.1) is 0 Å². The maximum atomic E-state index is 13.6. The monoisotopic (exact) mass is 424 g/mol. The number of hydrogen-bond acceptors (Lipinski definition) is 5. The van der Waals surface area contributed by atoms with Gasteiger partial charge >= 0.3 is 0 Å². The molecule has 0 unspecified atom stereocenters. The van der Waals surface area contributed by atoms with Crippen molar-refractivity contribution in [1.29, 1.82) is 0 Å². The molecular weight excluding hydrogens is 400 g/mol. The number of carbonyl (C=O) groups is 1. The van der Waals surface area contributed by atoms with Crippen molar-refractivity contribution in [2.75, 3.05) is 38.2 Å². The Kier molecular flexibility index (Phi) is 5.42. The van der Waals surface area contributed by atoms with Gasteiger partial charge in [-0.2, -0.15) is 0 Å². The number of hydrogen-bond donors (Lipinski definition) is 0. The number of rotatable bonds is 4. The normalized spacial score (nSPS) is 13.9. The summed E-state index contributed by atoms with van der Waals surface area (Å²) in [6.07, 6.45) is 3.48. The Morgan fingerprint density at radius 3 is 2.41 bits per heavy atom. The van der Waals surface area contributed by atoms with Gasteiger partial charge in [-0.15, -0.1) is 0 Å². The molecule has 0 atom stereocenters. The van der Waals surface area contributed by atoms with Crippen molar-refractivity contribution in [2.24, 2.45) is 0 Å². The number of para-hydroxylation sites is 3. The van der Waals surface area contributed by atoms with Gasteiger partial charge in [0.25, 0.3) is 5.91 Å². The highest BCUT2D eigenvalue weighted by Crippen LogP contribution is 2.29. The number of amides is 1. The van der Waals surface area contributed by atoms with Crippen molar-refractivity contribution in [3.05, 3.63) is 84.7 Å². The molecule has 1 saturated heterocycles. The van der Waals surface area contributed by atoms with E-state index in [9.17, 15) is 4.79 Å². The predicted molar refractivity (Wildman–Crippen MR) is 126 cm³/mol. The van der Waals surface area contributed by atoms with Crippen LogP contribution in [-0.4, -0.2) is 54.1 Å². The topological polar surface area (TPSA) is 58.6 Å². The number of piperazine rings is 1. The zero-order valence-corrected chi connectivity index (χ0v) is 17.9. The average Bonchev–Trinajstić information content (AvgIpc) is 2.88. The van der Waals surface area contributed by atoms with Gasteiger partial charge in [0.15, 0.2) is 0 Å². The molecule has 0 saturated carbocycles. The molecule has 0 spiro atoms. The van der Waals surface area contributed by atoms with Crippen LogP contribution in [0.3, 0.4) is 0 Å². The van der Waals surface area contributed by atoms with Crippen molar-refractivity contribution in [3.8, 4) is 17.0 Å². The first-order valence-corrected chi connectivity index (χ1v) is 10.7. The Balaban J connectivity index is 1.43. The van der Waals surface area contributed by atoms with Crippen LogP contribution in [0.5, 0.6) is 5.75 Å². The van der Waals surface area contributed by atoms with Gasteiger partial charge in [-0.25, -0.2) is 4.98 Å². The molecule has 160 valence electrons. The summed E-state index contributed by atoms with van der Waals surface area (Å²) in [7, 11) is 1.69. The lowest BCUT2D eigenvalue weighted by Gasteiger charge is -2.36. The Bertz CT molecular complexity index is 1250. The maximum absolute atomic E-state index is 13.6. The number of fused-ring (bicyclic) bond motifs is 1. The third-order valence-corrected chi connectivity index (χ3v) is 5.92. The average molecular weight is 425 g/mol. The highest BCUT2D eigenvalue weighted by atomic mass is 16.5. The number of anilines is 1. The molecule has 6 heteroatoms. The second kappa shape index (κ2) is 8.67. The fourth-order valence-electron chi connectivity index (χ4n) is 4.23. The summed E-state index contributed by atoms with van der Waals surface area (Å²) in [4.78, 5) is 26.7. The Hall–Kier alpha value is -3.93. The summed E-state index contributed by atoms with van der Waals surface area (Å²) in [5, 5.41) is 0.877. The minimum Gasteiger partial charge on any atom is -0.495 e. The standard InChI is InChI=1S/C26H24N4O2/c1-32-25-9-5-4-8-24(25)29-14-16-30(17-15-29)26(31)21-18-23(19-10-12-27-13-11-19)28-22-7-3-2-6-20(21)22/h2-13,18H,14-17H2,1H3. The van der Waals surface area contributed by atoms with Crippen molar-refractivity contribution < 1.29 is 9.53 Å². The largest absolute Gasteiger partial charge is 0.495 e. The van der Waals surface area contributed by atoms with Crippen LogP contribution in [0.1, 0.15) is 10.4 Å². The minimum atomic E-state index is 0.0404. The molecule has 0 radical (unpaired) electrons. The number of benzene rings is 2. The minimum absolute atomic E-state index is 0.0404. The van der Waals surface area contributed by atoms with Gasteiger partial charge < -0.3 is 14.5 Å². The Morgan fingerprint density at radius 2 is 1.62 bits per heavy atom. The summed E-state index contributed by atoms with van der Waals surface area (Å²) in [5.41, 5.74) is 4.30. The highest BCUT2D eigenvalue weighted by molar-refractivity contribution is 6.07. The van der Waals surface area contributed by atoms with E-state index in [2.05, 4.69) is 16.0 Å². The van der Waals surface area contributed by atoms with Crippen molar-refractivity contribution >= 4 is 22.5 Å². The molecule has 0 bridgehead atoms. The molecule has 2 aromatic heterocycles. The van der Waals surface area contributed by atoms with Gasteiger partial charge in [0.05, 0.1) is 29.6 Å². The quantitative estimate of drug-likeness (QED) is 0.490. The summed E-state index contributed by atoms with van der Waals surface area (Å²) < 4.78 is 5.51. The van der Waals surface area contributed by atoms with Gasteiger partial charge in [0.1, 0.15) is 5.75 Å². The zero-order chi connectivity index (χ0) is 21.9. The molecule has 1 aliphatic heterocycles. The summed E-state index contributed by atoms with van der Waals surface area (Å²) >= 11 is 0. The number of ether oxygens (including phenoxy) is 1. The lowest BCUT2D eigenvalue weighted by molar-refractivity contribution is 0.0748. The van der Waals surface area contributed by atoms with Gasteiger partial charge in [-0.1, -0.05) is 30.3 Å². The van der Waals surface area contributed by atoms with Crippen LogP contribution in [0.25, 0.3) is 22.2 Å². The highest BCUT2D eigenvalue weighted by Gasteiger charge is 2.25. The SMILES string of the molecule is COc1ccccc1N1CCN(C(=O)c2cc(-c3ccncc3)nc3ccccc23)CC1. The van der Waals surface area contributed by atoms with E-state index in [1.165, 1.54) is 0 Å². The fourth-order valence-corrected chi connectivity index (χ4v) is 4.23. The smallest absolute Gasteiger partial charge is 0.254 e. The second-order valence-electron chi connectivity index (χ2n) is 7.76. The molecule has 5 rings (SSSR count). The number of nitrogens with zero attached hydrogens (tertiary/aromatic N) is 4. The van der Waals surface area contributed by atoms with Crippen LogP contribution in [0.4, 0.5) is 5.69 Å². The molecule has 0 N–H and O–H groups in total. The number of carbonyl (C=O) groups excluding carboxylic acids is 1. The van der Waals surface area contributed by atoms with E-state index in [1.807, 2.05) is 65.6 Å². The molecule has 1 aliphatic rings. The van der Waals surface area contributed by atoms with Crippen molar-refractivity contribution in [2.45, 2.75) is 0 Å². The molecule has 2 aromatic carbocycles. The van der Waals surface area contributed by atoms with E-state index in [0.29, 0.717) is 18.7 Å². The first kappa shape index (κ1) is 20.0. The molecule has 1 fully saturated rings. The Labute approximate surface area is 187 Å². The maximum Gasteiger partial charge on any atom is 0.254 e. The van der Waals surface area contributed by atoms with E-state index < -0.39 is 0 Å². The Morgan fingerprint density at radius 1 is 0.906 bits per heavy atom. The van der Waals surface area contributed by atoms with E-state index in [0.717, 1.165) is 46.7 Å². The molecule has 32 heavy (non-hydrogen) atoms. The van der Waals surface area contributed by atoms with Crippen LogP contribution >= 0.6 is 0 Å². The molecule has 3 heterocycles. The number of methoxy groups -OCH3 is 1. The summed E-state index contributed by atoms with van der Waals surface area (Å²) in [5.74, 6) is 0.896. The van der Waals surface area contributed by atoms with Crippen LogP contribution in [-0.2, 0) is 0 Å². The van der Waals surface area contributed by atoms with Gasteiger partial charge in [-0.05, 0) is 36.4 Å². The first-order chi connectivity index (χ1) is 15.7. The third kappa shape index (κ3) is 3.75. The van der Waals surface area contributed by atoms with Crippen LogP contribution in [0.15, 0.2) is 79.1 Å². The van der Waals surface area contributed by atoms with E-state index >= 15 is 0 Å². The fraction of sp³-hybridized carbons (Fsp3) is 0.192. The molecule has 1 amide bonds. The van der Waals surface area contributed by atoms with Gasteiger partial charge in [-0.3, -0.25) is 9.78 Å². The summed E-state index contributed by atoms with van der Waals surface area (Å²) in [6.45, 7) is 2.81. The van der Waals surface area contributed by atoms with Gasteiger partial charge in [0.2, 0.25) is 0 Å². The zero-order valence-electron chi connectivity index (χ0n) is 17.9. The second-order valence-corrected chi connectivity index (χ2v) is 7.76. The lowest BCUT2D eigenvalue weighted by atomic mass is 10.0.